The topological polar surface area (TPSA) is 64.6 Å². The van der Waals surface area contributed by atoms with Gasteiger partial charge >= 0.3 is 6.03 Å². The molecule has 3 rings (SSSR count). The smallest absolute Gasteiger partial charge is 0.315 e. The molecule has 0 spiro atoms. The maximum Gasteiger partial charge on any atom is 0.315 e. The molecular weight excluding hydrogens is 322 g/mol. The van der Waals surface area contributed by atoms with Crippen molar-refractivity contribution in [3.05, 3.63) is 52.7 Å². The molecular formula is C18H23N3O2S. The van der Waals surface area contributed by atoms with Crippen LogP contribution in [0.3, 0.4) is 0 Å². The van der Waals surface area contributed by atoms with E-state index in [9.17, 15) is 9.90 Å². The van der Waals surface area contributed by atoms with Crippen molar-refractivity contribution in [3.8, 4) is 0 Å². The Labute approximate surface area is 146 Å². The molecule has 1 aliphatic rings. The third-order valence-corrected chi connectivity index (χ3v) is 5.41. The number of nitrogens with one attached hydrogen (secondary N) is 2. The van der Waals surface area contributed by atoms with E-state index >= 15 is 0 Å². The second-order valence-electron chi connectivity index (χ2n) is 6.35. The molecule has 0 aliphatic carbocycles. The van der Waals surface area contributed by atoms with Gasteiger partial charge in [-0.3, -0.25) is 0 Å². The first-order valence-electron chi connectivity index (χ1n) is 8.15. The zero-order valence-electron chi connectivity index (χ0n) is 13.7. The highest BCUT2D eigenvalue weighted by Gasteiger charge is 2.27. The first-order valence-corrected chi connectivity index (χ1v) is 9.03. The molecule has 0 saturated carbocycles. The summed E-state index contributed by atoms with van der Waals surface area (Å²) in [6, 6.07) is 13.9. The van der Waals surface area contributed by atoms with Gasteiger partial charge in [0.05, 0.1) is 6.54 Å². The summed E-state index contributed by atoms with van der Waals surface area (Å²) < 4.78 is 0. The Morgan fingerprint density at radius 1 is 1.33 bits per heavy atom. The van der Waals surface area contributed by atoms with Crippen molar-refractivity contribution in [1.29, 1.82) is 0 Å². The minimum Gasteiger partial charge on any atom is -0.383 e. The highest BCUT2D eigenvalue weighted by Crippen LogP contribution is 2.24. The lowest BCUT2D eigenvalue weighted by atomic mass is 10.1. The summed E-state index contributed by atoms with van der Waals surface area (Å²) in [6.07, 6.45) is 0.920. The van der Waals surface area contributed by atoms with Crippen LogP contribution in [-0.2, 0) is 5.60 Å². The van der Waals surface area contributed by atoms with E-state index in [0.717, 1.165) is 24.4 Å². The lowest BCUT2D eigenvalue weighted by Crippen LogP contribution is -2.47. The molecule has 6 heteroatoms. The highest BCUT2D eigenvalue weighted by molar-refractivity contribution is 7.10. The number of carbonyl (C=O) groups is 1. The molecule has 1 saturated heterocycles. The molecule has 2 aromatic rings. The second kappa shape index (κ2) is 7.23. The Balaban J connectivity index is 1.46. The van der Waals surface area contributed by atoms with Crippen molar-refractivity contribution < 1.29 is 9.90 Å². The van der Waals surface area contributed by atoms with Crippen molar-refractivity contribution in [2.75, 3.05) is 24.5 Å². The second-order valence-corrected chi connectivity index (χ2v) is 7.29. The molecule has 128 valence electrons. The fraction of sp³-hybridized carbons (Fsp3) is 0.389. The molecule has 2 heterocycles. The number of carbonyl (C=O) groups excluding carboxylic acids is 1. The van der Waals surface area contributed by atoms with Gasteiger partial charge in [0.2, 0.25) is 0 Å². The molecule has 24 heavy (non-hydrogen) atoms. The van der Waals surface area contributed by atoms with Crippen molar-refractivity contribution in [3.63, 3.8) is 0 Å². The average molecular weight is 345 g/mol. The van der Waals surface area contributed by atoms with Gasteiger partial charge in [0.25, 0.3) is 0 Å². The van der Waals surface area contributed by atoms with Crippen LogP contribution in [0.5, 0.6) is 0 Å². The SMILES string of the molecule is CC(O)(CNC(=O)NC1CCN(c2ccccc2)C1)c1cccs1. The van der Waals surface area contributed by atoms with Crippen LogP contribution in [0.1, 0.15) is 18.2 Å². The quantitative estimate of drug-likeness (QED) is 0.780. The standard InChI is InChI=1S/C18H23N3O2S/c1-18(23,16-8-5-11-24-16)13-19-17(22)20-14-9-10-21(12-14)15-6-3-2-4-7-15/h2-8,11,14,23H,9-10,12-13H2,1H3,(H2,19,20,22). The van der Waals surface area contributed by atoms with E-state index in [1.807, 2.05) is 35.7 Å². The van der Waals surface area contributed by atoms with Crippen molar-refractivity contribution in [2.45, 2.75) is 25.0 Å². The number of benzene rings is 1. The van der Waals surface area contributed by atoms with Gasteiger partial charge in [-0.05, 0) is 36.9 Å². The molecule has 0 bridgehead atoms. The first kappa shape index (κ1) is 16.8. The number of hydrogen-bond donors (Lipinski definition) is 3. The Morgan fingerprint density at radius 2 is 2.12 bits per heavy atom. The van der Waals surface area contributed by atoms with Crippen molar-refractivity contribution in [1.82, 2.24) is 10.6 Å². The maximum absolute atomic E-state index is 12.1. The largest absolute Gasteiger partial charge is 0.383 e. The van der Waals surface area contributed by atoms with Crippen LogP contribution < -0.4 is 15.5 Å². The third-order valence-electron chi connectivity index (χ3n) is 4.29. The number of para-hydroxylation sites is 1. The van der Waals surface area contributed by atoms with E-state index in [1.54, 1.807) is 6.92 Å². The van der Waals surface area contributed by atoms with Crippen molar-refractivity contribution in [2.24, 2.45) is 0 Å². The van der Waals surface area contributed by atoms with Crippen LogP contribution in [0.2, 0.25) is 0 Å². The van der Waals surface area contributed by atoms with E-state index < -0.39 is 5.60 Å². The highest BCUT2D eigenvalue weighted by atomic mass is 32.1. The van der Waals surface area contributed by atoms with E-state index in [1.165, 1.54) is 17.0 Å². The molecule has 2 atom stereocenters. The number of thiophene rings is 1. The van der Waals surface area contributed by atoms with Crippen LogP contribution in [0.4, 0.5) is 10.5 Å². The molecule has 3 N–H and O–H groups in total. The van der Waals surface area contributed by atoms with Gasteiger partial charge in [-0.1, -0.05) is 24.3 Å². The number of aliphatic hydroxyl groups is 1. The van der Waals surface area contributed by atoms with Gasteiger partial charge in [0.15, 0.2) is 0 Å². The molecule has 2 amide bonds. The van der Waals surface area contributed by atoms with Gasteiger partial charge in [0.1, 0.15) is 5.60 Å². The van der Waals surface area contributed by atoms with Crippen LogP contribution >= 0.6 is 11.3 Å². The Kier molecular flexibility index (Phi) is 5.06. The maximum atomic E-state index is 12.1. The van der Waals surface area contributed by atoms with E-state index in [2.05, 4.69) is 27.7 Å². The minimum atomic E-state index is -1.04. The summed E-state index contributed by atoms with van der Waals surface area (Å²) in [4.78, 5) is 15.2. The molecule has 2 unspecified atom stereocenters. The van der Waals surface area contributed by atoms with Crippen LogP contribution in [0.25, 0.3) is 0 Å². The number of hydrogen-bond acceptors (Lipinski definition) is 4. The summed E-state index contributed by atoms with van der Waals surface area (Å²) in [5.74, 6) is 0. The predicted molar refractivity (Wildman–Crippen MR) is 97.5 cm³/mol. The summed E-state index contributed by atoms with van der Waals surface area (Å²) in [5.41, 5.74) is 0.139. The van der Waals surface area contributed by atoms with Gasteiger partial charge in [-0.2, -0.15) is 0 Å². The Hall–Kier alpha value is -2.05. The molecule has 1 aromatic carbocycles. The van der Waals surface area contributed by atoms with Gasteiger partial charge in [-0.25, -0.2) is 4.79 Å². The van der Waals surface area contributed by atoms with Crippen LogP contribution in [-0.4, -0.2) is 36.8 Å². The van der Waals surface area contributed by atoms with Crippen LogP contribution in [0.15, 0.2) is 47.8 Å². The number of anilines is 1. The van der Waals surface area contributed by atoms with E-state index in [-0.39, 0.29) is 18.6 Å². The van der Waals surface area contributed by atoms with E-state index in [4.69, 9.17) is 0 Å². The summed E-state index contributed by atoms with van der Waals surface area (Å²) in [5, 5.41) is 18.1. The molecule has 5 nitrogen and oxygen atoms in total. The molecule has 1 aromatic heterocycles. The normalized spacial score (nSPS) is 19.8. The van der Waals surface area contributed by atoms with Crippen molar-refractivity contribution >= 4 is 23.1 Å². The van der Waals surface area contributed by atoms with Gasteiger partial charge in [-0.15, -0.1) is 11.3 Å². The minimum absolute atomic E-state index is 0.122. The first-order chi connectivity index (χ1) is 11.5. The fourth-order valence-corrected chi connectivity index (χ4v) is 3.70. The lowest BCUT2D eigenvalue weighted by Gasteiger charge is -2.23. The fourth-order valence-electron chi connectivity index (χ4n) is 2.91. The zero-order chi connectivity index (χ0) is 17.0. The average Bonchev–Trinajstić information content (AvgIpc) is 3.26. The van der Waals surface area contributed by atoms with Gasteiger partial charge < -0.3 is 20.6 Å². The zero-order valence-corrected chi connectivity index (χ0v) is 14.6. The number of nitrogens with zero attached hydrogens (tertiary/aromatic N) is 1. The Bertz CT molecular complexity index is 658. The predicted octanol–water partition coefficient (Wildman–Crippen LogP) is 2.53. The Morgan fingerprint density at radius 3 is 2.83 bits per heavy atom. The third kappa shape index (κ3) is 4.07. The monoisotopic (exact) mass is 345 g/mol. The van der Waals surface area contributed by atoms with Gasteiger partial charge in [0, 0.05) is 29.7 Å². The molecule has 1 aliphatic heterocycles. The van der Waals surface area contributed by atoms with Crippen LogP contribution in [0, 0.1) is 0 Å². The summed E-state index contributed by atoms with van der Waals surface area (Å²) >= 11 is 1.48. The summed E-state index contributed by atoms with van der Waals surface area (Å²) in [7, 11) is 0. The molecule has 1 fully saturated rings. The lowest BCUT2D eigenvalue weighted by molar-refractivity contribution is 0.0630. The number of rotatable bonds is 5. The number of urea groups is 1. The summed E-state index contributed by atoms with van der Waals surface area (Å²) in [6.45, 7) is 3.64. The van der Waals surface area contributed by atoms with E-state index in [0.29, 0.717) is 0 Å². The number of amides is 2. The molecule has 0 radical (unpaired) electrons.